The molecule has 0 atom stereocenters. The molecule has 33 heavy (non-hydrogen) atoms. The van der Waals surface area contributed by atoms with E-state index >= 15 is 0 Å². The summed E-state index contributed by atoms with van der Waals surface area (Å²) in [4.78, 5) is 3.76. The van der Waals surface area contributed by atoms with Crippen LogP contribution in [-0.4, -0.2) is 25.6 Å². The van der Waals surface area contributed by atoms with Crippen molar-refractivity contribution in [2.75, 3.05) is 5.32 Å². The average Bonchev–Trinajstić information content (AvgIpc) is 3.37. The molecule has 0 aliphatic carbocycles. The molecule has 0 saturated heterocycles. The van der Waals surface area contributed by atoms with E-state index in [4.69, 9.17) is 0 Å². The fraction of sp³-hybridized carbons (Fsp3) is 0.0833. The van der Waals surface area contributed by atoms with Crippen molar-refractivity contribution in [3.63, 3.8) is 0 Å². The molecule has 0 radical (unpaired) electrons. The predicted molar refractivity (Wildman–Crippen MR) is 119 cm³/mol. The number of benzene rings is 3. The summed E-state index contributed by atoms with van der Waals surface area (Å²) < 4.78 is 39.9. The fourth-order valence-electron chi connectivity index (χ4n) is 3.68. The molecule has 0 aliphatic heterocycles. The maximum atomic E-state index is 13.3. The van der Waals surface area contributed by atoms with Crippen LogP contribution < -0.4 is 5.32 Å². The van der Waals surface area contributed by atoms with E-state index in [0.29, 0.717) is 29.0 Å². The van der Waals surface area contributed by atoms with E-state index in [9.17, 15) is 13.2 Å². The van der Waals surface area contributed by atoms with Gasteiger partial charge >= 0.3 is 6.18 Å². The first-order chi connectivity index (χ1) is 16.0. The Morgan fingerprint density at radius 1 is 0.848 bits per heavy atom. The molecule has 0 fully saturated rings. The van der Waals surface area contributed by atoms with Gasteiger partial charge in [-0.2, -0.15) is 13.2 Å². The average molecular weight is 446 g/mol. The first-order valence-corrected chi connectivity index (χ1v) is 10.1. The summed E-state index contributed by atoms with van der Waals surface area (Å²) in [6.45, 7) is 0.360. The molecule has 2 N–H and O–H groups in total. The molecular weight excluding hydrogens is 429 g/mol. The van der Waals surface area contributed by atoms with Gasteiger partial charge in [0.05, 0.1) is 5.52 Å². The topological polar surface area (TPSA) is 79.4 Å². The van der Waals surface area contributed by atoms with Crippen LogP contribution >= 0.6 is 0 Å². The lowest BCUT2D eigenvalue weighted by atomic mass is 9.98. The molecular formula is C24H17F3N6. The number of rotatable bonds is 5. The number of nitrogens with one attached hydrogen (secondary N) is 2. The van der Waals surface area contributed by atoms with Crippen LogP contribution in [0.15, 0.2) is 78.9 Å². The molecule has 164 valence electrons. The molecule has 0 spiro atoms. The predicted octanol–water partition coefficient (Wildman–Crippen LogP) is 5.71. The maximum absolute atomic E-state index is 13.3. The first kappa shape index (κ1) is 20.6. The number of aromatic nitrogens is 5. The minimum absolute atomic E-state index is 0.295. The van der Waals surface area contributed by atoms with Crippen molar-refractivity contribution in [1.29, 1.82) is 0 Å². The second kappa shape index (κ2) is 8.34. The van der Waals surface area contributed by atoms with Crippen molar-refractivity contribution < 1.29 is 13.2 Å². The summed E-state index contributed by atoms with van der Waals surface area (Å²) in [5.41, 5.74) is 3.50. The van der Waals surface area contributed by atoms with E-state index in [-0.39, 0.29) is 0 Å². The molecule has 0 saturated carbocycles. The van der Waals surface area contributed by atoms with E-state index in [1.165, 1.54) is 0 Å². The Balaban J connectivity index is 1.40. The third kappa shape index (κ3) is 4.25. The number of tetrazole rings is 1. The summed E-state index contributed by atoms with van der Waals surface area (Å²) >= 11 is 0. The van der Waals surface area contributed by atoms with Gasteiger partial charge < -0.3 is 5.32 Å². The smallest absolute Gasteiger partial charge is 0.380 e. The third-order valence-corrected chi connectivity index (χ3v) is 5.28. The second-order valence-electron chi connectivity index (χ2n) is 7.42. The van der Waals surface area contributed by atoms with Gasteiger partial charge in [-0.15, -0.1) is 5.10 Å². The number of pyridine rings is 1. The Morgan fingerprint density at radius 2 is 1.58 bits per heavy atom. The minimum Gasteiger partial charge on any atom is -0.380 e. The van der Waals surface area contributed by atoms with Gasteiger partial charge in [-0.1, -0.05) is 66.7 Å². The lowest BCUT2D eigenvalue weighted by Crippen LogP contribution is -2.10. The Labute approximate surface area is 186 Å². The third-order valence-electron chi connectivity index (χ3n) is 5.28. The van der Waals surface area contributed by atoms with Crippen LogP contribution in [0.4, 0.5) is 18.9 Å². The quantitative estimate of drug-likeness (QED) is 0.361. The Morgan fingerprint density at radius 3 is 2.30 bits per heavy atom. The highest BCUT2D eigenvalue weighted by Gasteiger charge is 2.33. The number of para-hydroxylation sites is 1. The number of hydrogen-bond donors (Lipinski definition) is 2. The van der Waals surface area contributed by atoms with Gasteiger partial charge in [-0.3, -0.25) is 0 Å². The van der Waals surface area contributed by atoms with Crippen LogP contribution in [0.25, 0.3) is 33.4 Å². The maximum Gasteiger partial charge on any atom is 0.433 e. The van der Waals surface area contributed by atoms with Crippen LogP contribution in [0.5, 0.6) is 0 Å². The standard InChI is InChI=1S/C24H17F3N6/c25-24(26,27)22-13-21(19-7-3-4-8-20(19)29-22)28-14-15-9-11-16(12-10-15)17-5-1-2-6-18(17)23-30-32-33-31-23/h1-13H,14H2,(H,28,29)(H,30,31,32,33). The van der Waals surface area contributed by atoms with Crippen LogP contribution in [0.3, 0.4) is 0 Å². The van der Waals surface area contributed by atoms with E-state index in [2.05, 4.69) is 30.9 Å². The SMILES string of the molecule is FC(F)(F)c1cc(NCc2ccc(-c3ccccc3-c3nnn[nH]3)cc2)c2ccccc2n1. The Bertz CT molecular complexity index is 1400. The lowest BCUT2D eigenvalue weighted by molar-refractivity contribution is -0.140. The second-order valence-corrected chi connectivity index (χ2v) is 7.42. The van der Waals surface area contributed by atoms with Gasteiger partial charge in [-0.05, 0) is 39.2 Å². The van der Waals surface area contributed by atoms with Crippen LogP contribution in [0.1, 0.15) is 11.3 Å². The van der Waals surface area contributed by atoms with Crippen molar-refractivity contribution in [3.05, 3.63) is 90.1 Å². The molecule has 5 rings (SSSR count). The highest BCUT2D eigenvalue weighted by Crippen LogP contribution is 2.33. The Hall–Kier alpha value is -4.27. The summed E-state index contributed by atoms with van der Waals surface area (Å²) in [7, 11) is 0. The summed E-state index contributed by atoms with van der Waals surface area (Å²) in [5.74, 6) is 0.571. The number of nitrogens with zero attached hydrogens (tertiary/aromatic N) is 4. The molecule has 9 heteroatoms. The highest BCUT2D eigenvalue weighted by atomic mass is 19.4. The molecule has 0 aliphatic rings. The summed E-state index contributed by atoms with van der Waals surface area (Å²) in [6.07, 6.45) is -4.52. The van der Waals surface area contributed by atoms with Crippen LogP contribution in [-0.2, 0) is 12.7 Å². The number of halogens is 3. The Kier molecular flexibility index (Phi) is 5.21. The number of anilines is 1. The number of H-pyrrole nitrogens is 1. The largest absolute Gasteiger partial charge is 0.433 e. The van der Waals surface area contributed by atoms with Crippen LogP contribution in [0.2, 0.25) is 0 Å². The number of hydrogen-bond acceptors (Lipinski definition) is 5. The lowest BCUT2D eigenvalue weighted by Gasteiger charge is -2.14. The van der Waals surface area contributed by atoms with Gasteiger partial charge in [0, 0.05) is 23.2 Å². The van der Waals surface area contributed by atoms with Gasteiger partial charge in [-0.25, -0.2) is 10.1 Å². The van der Waals surface area contributed by atoms with Gasteiger partial charge in [0.25, 0.3) is 0 Å². The first-order valence-electron chi connectivity index (χ1n) is 10.1. The molecule has 0 amide bonds. The van der Waals surface area contributed by atoms with Crippen molar-refractivity contribution in [3.8, 4) is 22.5 Å². The van der Waals surface area contributed by atoms with E-state index < -0.39 is 11.9 Å². The molecule has 2 heterocycles. The van der Waals surface area contributed by atoms with Crippen molar-refractivity contribution in [2.45, 2.75) is 12.7 Å². The molecule has 5 aromatic rings. The molecule has 6 nitrogen and oxygen atoms in total. The zero-order valence-electron chi connectivity index (χ0n) is 17.1. The minimum atomic E-state index is -4.52. The number of aromatic amines is 1. The zero-order chi connectivity index (χ0) is 22.8. The van der Waals surface area contributed by atoms with E-state index in [0.717, 1.165) is 28.3 Å². The summed E-state index contributed by atoms with van der Waals surface area (Å²) in [5, 5.41) is 17.8. The van der Waals surface area contributed by atoms with Gasteiger partial charge in [0.2, 0.25) is 0 Å². The number of alkyl halides is 3. The highest BCUT2D eigenvalue weighted by molar-refractivity contribution is 5.91. The molecule has 0 unspecified atom stereocenters. The summed E-state index contributed by atoms with van der Waals surface area (Å²) in [6, 6.07) is 23.4. The number of fused-ring (bicyclic) bond motifs is 1. The van der Waals surface area contributed by atoms with E-state index in [1.54, 1.807) is 24.3 Å². The zero-order valence-corrected chi connectivity index (χ0v) is 17.1. The van der Waals surface area contributed by atoms with E-state index in [1.807, 2.05) is 48.5 Å². The molecule has 2 aromatic heterocycles. The van der Waals surface area contributed by atoms with Gasteiger partial charge in [0.15, 0.2) is 5.82 Å². The van der Waals surface area contributed by atoms with Crippen molar-refractivity contribution in [1.82, 2.24) is 25.6 Å². The van der Waals surface area contributed by atoms with Crippen molar-refractivity contribution >= 4 is 16.6 Å². The van der Waals surface area contributed by atoms with Crippen molar-refractivity contribution in [2.24, 2.45) is 0 Å². The normalized spacial score (nSPS) is 11.6. The van der Waals surface area contributed by atoms with Crippen LogP contribution in [0, 0.1) is 0 Å². The molecule has 0 bridgehead atoms. The molecule has 3 aromatic carbocycles. The monoisotopic (exact) mass is 446 g/mol. The van der Waals surface area contributed by atoms with Gasteiger partial charge in [0.1, 0.15) is 5.69 Å². The fourth-order valence-corrected chi connectivity index (χ4v) is 3.68.